The Bertz CT molecular complexity index is 547. The molecule has 0 atom stereocenters. The van der Waals surface area contributed by atoms with Crippen LogP contribution < -0.4 is 0 Å². The number of non-ortho nitro benzene ring substituents is 1. The molecule has 19 heavy (non-hydrogen) atoms. The number of rotatable bonds is 7. The molecule has 0 bridgehead atoms. The van der Waals surface area contributed by atoms with Gasteiger partial charge in [0.1, 0.15) is 0 Å². The van der Waals surface area contributed by atoms with Crippen molar-refractivity contribution in [1.82, 2.24) is 4.31 Å². The molecule has 0 aliphatic rings. The third-order valence-electron chi connectivity index (χ3n) is 2.54. The average molecular weight is 307 g/mol. The lowest BCUT2D eigenvalue weighted by atomic mass is 10.2. The maximum Gasteiger partial charge on any atom is 0.269 e. The number of sulfonamides is 1. The van der Waals surface area contributed by atoms with Crippen LogP contribution in [0.25, 0.3) is 0 Å². The number of nitro benzene ring substituents is 1. The van der Waals surface area contributed by atoms with Crippen LogP contribution in [0.4, 0.5) is 5.69 Å². The lowest BCUT2D eigenvalue weighted by molar-refractivity contribution is -0.384. The van der Waals surface area contributed by atoms with Crippen LogP contribution in [0.1, 0.15) is 12.0 Å². The summed E-state index contributed by atoms with van der Waals surface area (Å²) in [7, 11) is -1.93. The van der Waals surface area contributed by atoms with Crippen LogP contribution >= 0.6 is 11.6 Å². The van der Waals surface area contributed by atoms with E-state index in [4.69, 9.17) is 11.6 Å². The highest BCUT2D eigenvalue weighted by Crippen LogP contribution is 2.15. The Morgan fingerprint density at radius 3 is 2.68 bits per heavy atom. The quantitative estimate of drug-likeness (QED) is 0.438. The molecular formula is C11H15ClN2O4S. The Balaban J connectivity index is 2.79. The molecule has 1 aromatic rings. The second-order valence-electron chi connectivity index (χ2n) is 4.04. The van der Waals surface area contributed by atoms with Crippen LogP contribution in [0.5, 0.6) is 0 Å². The third kappa shape index (κ3) is 4.77. The van der Waals surface area contributed by atoms with Crippen molar-refractivity contribution in [2.75, 3.05) is 18.7 Å². The molecular weight excluding hydrogens is 292 g/mol. The van der Waals surface area contributed by atoms with Gasteiger partial charge in [0.25, 0.3) is 5.69 Å². The molecule has 0 fully saturated rings. The van der Waals surface area contributed by atoms with Gasteiger partial charge in [0.05, 0.1) is 10.7 Å². The predicted octanol–water partition coefficient (Wildman–Crippen LogP) is 1.99. The second-order valence-corrected chi connectivity index (χ2v) is 6.61. The van der Waals surface area contributed by atoms with E-state index in [0.717, 1.165) is 0 Å². The number of nitro groups is 1. The Morgan fingerprint density at radius 1 is 1.42 bits per heavy atom. The molecule has 0 radical (unpaired) electrons. The number of alkyl halides is 1. The van der Waals surface area contributed by atoms with Gasteiger partial charge in [0.15, 0.2) is 0 Å². The van der Waals surface area contributed by atoms with Gasteiger partial charge in [-0.05, 0) is 12.0 Å². The number of nitrogens with zero attached hydrogens (tertiary/aromatic N) is 2. The lowest BCUT2D eigenvalue weighted by Gasteiger charge is -2.16. The van der Waals surface area contributed by atoms with E-state index >= 15 is 0 Å². The molecule has 0 saturated carbocycles. The summed E-state index contributed by atoms with van der Waals surface area (Å²) in [4.78, 5) is 10.1. The first-order chi connectivity index (χ1) is 8.86. The van der Waals surface area contributed by atoms with Crippen molar-refractivity contribution >= 4 is 27.3 Å². The largest absolute Gasteiger partial charge is 0.269 e. The van der Waals surface area contributed by atoms with Gasteiger partial charge in [-0.25, -0.2) is 12.7 Å². The minimum Gasteiger partial charge on any atom is -0.258 e. The first-order valence-corrected chi connectivity index (χ1v) is 7.74. The number of halogens is 1. The topological polar surface area (TPSA) is 80.5 Å². The monoisotopic (exact) mass is 306 g/mol. The van der Waals surface area contributed by atoms with Gasteiger partial charge in [0.2, 0.25) is 10.0 Å². The summed E-state index contributed by atoms with van der Waals surface area (Å²) in [6.07, 6.45) is 0.378. The fraction of sp³-hybridized carbons (Fsp3) is 0.455. The molecule has 8 heteroatoms. The van der Waals surface area contributed by atoms with Crippen molar-refractivity contribution in [2.24, 2.45) is 0 Å². The number of benzene rings is 1. The molecule has 1 rings (SSSR count). The van der Waals surface area contributed by atoms with Crippen LogP contribution in [0.2, 0.25) is 0 Å². The zero-order valence-corrected chi connectivity index (χ0v) is 12.0. The summed E-state index contributed by atoms with van der Waals surface area (Å²) >= 11 is 5.47. The molecule has 1 aromatic carbocycles. The van der Waals surface area contributed by atoms with Crippen molar-refractivity contribution in [2.45, 2.75) is 13.0 Å². The van der Waals surface area contributed by atoms with E-state index in [1.807, 2.05) is 0 Å². The molecule has 0 aliphatic heterocycles. The van der Waals surface area contributed by atoms with Crippen LogP contribution in [0.15, 0.2) is 24.3 Å². The van der Waals surface area contributed by atoms with Crippen molar-refractivity contribution < 1.29 is 13.3 Å². The predicted molar refractivity (Wildman–Crippen MR) is 73.7 cm³/mol. The van der Waals surface area contributed by atoms with E-state index in [0.29, 0.717) is 12.0 Å². The third-order valence-corrected chi connectivity index (χ3v) is 4.69. The average Bonchev–Trinajstić information content (AvgIpc) is 2.36. The van der Waals surface area contributed by atoms with Gasteiger partial charge >= 0.3 is 0 Å². The Morgan fingerprint density at radius 2 is 2.11 bits per heavy atom. The van der Waals surface area contributed by atoms with E-state index in [2.05, 4.69) is 0 Å². The summed E-state index contributed by atoms with van der Waals surface area (Å²) in [6.45, 7) is 0.103. The summed E-state index contributed by atoms with van der Waals surface area (Å²) in [5, 5.41) is 10.6. The molecule has 6 nitrogen and oxygen atoms in total. The molecule has 0 spiro atoms. The minimum atomic E-state index is -3.37. The number of hydrogen-bond donors (Lipinski definition) is 0. The van der Waals surface area contributed by atoms with Crippen LogP contribution in [0, 0.1) is 10.1 Å². The van der Waals surface area contributed by atoms with Crippen molar-refractivity contribution in [3.05, 3.63) is 39.9 Å². The highest BCUT2D eigenvalue weighted by atomic mass is 35.5. The van der Waals surface area contributed by atoms with Gasteiger partial charge in [-0.15, -0.1) is 11.6 Å². The van der Waals surface area contributed by atoms with Crippen LogP contribution in [-0.4, -0.2) is 36.3 Å². The SMILES string of the molecule is CN(Cc1cccc([N+](=O)[O-])c1)S(=O)(=O)CCCCl. The van der Waals surface area contributed by atoms with E-state index in [1.165, 1.54) is 29.6 Å². The van der Waals surface area contributed by atoms with Crippen molar-refractivity contribution in [3.8, 4) is 0 Å². The van der Waals surface area contributed by atoms with E-state index in [1.54, 1.807) is 6.07 Å². The standard InChI is InChI=1S/C11H15ClN2O4S/c1-13(19(17,18)7-3-6-12)9-10-4-2-5-11(8-10)14(15)16/h2,4-5,8H,3,6-7,9H2,1H3. The molecule has 106 valence electrons. The van der Waals surface area contributed by atoms with Gasteiger partial charge in [-0.3, -0.25) is 10.1 Å². The van der Waals surface area contributed by atoms with Crippen molar-refractivity contribution in [1.29, 1.82) is 0 Å². The molecule has 0 saturated heterocycles. The summed E-state index contributed by atoms with van der Waals surface area (Å²) in [5.41, 5.74) is 0.523. The summed E-state index contributed by atoms with van der Waals surface area (Å²) < 4.78 is 24.9. The van der Waals surface area contributed by atoms with Crippen molar-refractivity contribution in [3.63, 3.8) is 0 Å². The highest BCUT2D eigenvalue weighted by molar-refractivity contribution is 7.89. The molecule has 0 unspecified atom stereocenters. The van der Waals surface area contributed by atoms with Crippen LogP contribution in [0.3, 0.4) is 0 Å². The van der Waals surface area contributed by atoms with Gasteiger partial charge in [-0.1, -0.05) is 12.1 Å². The molecule has 0 amide bonds. The van der Waals surface area contributed by atoms with E-state index in [-0.39, 0.29) is 23.9 Å². The van der Waals surface area contributed by atoms with Gasteiger partial charge in [0, 0.05) is 31.6 Å². The smallest absolute Gasteiger partial charge is 0.258 e. The minimum absolute atomic E-state index is 0.0259. The second kappa shape index (κ2) is 6.83. The van der Waals surface area contributed by atoms with Crippen LogP contribution in [-0.2, 0) is 16.6 Å². The fourth-order valence-electron chi connectivity index (χ4n) is 1.52. The first-order valence-electron chi connectivity index (χ1n) is 5.60. The van der Waals surface area contributed by atoms with Gasteiger partial charge in [-0.2, -0.15) is 0 Å². The highest BCUT2D eigenvalue weighted by Gasteiger charge is 2.18. The molecule has 0 heterocycles. The Kier molecular flexibility index (Phi) is 5.71. The Labute approximate surface area is 117 Å². The molecule has 0 aliphatic carbocycles. The number of hydrogen-bond acceptors (Lipinski definition) is 4. The van der Waals surface area contributed by atoms with E-state index < -0.39 is 14.9 Å². The summed E-state index contributed by atoms with van der Waals surface area (Å²) in [5.74, 6) is 0.256. The molecule has 0 N–H and O–H groups in total. The molecule has 0 aromatic heterocycles. The zero-order valence-electron chi connectivity index (χ0n) is 10.5. The lowest BCUT2D eigenvalue weighted by Crippen LogP contribution is -2.29. The normalized spacial score (nSPS) is 11.7. The Hall–Kier alpha value is -1.18. The zero-order chi connectivity index (χ0) is 14.5. The summed E-state index contributed by atoms with van der Waals surface area (Å²) in [6, 6.07) is 5.92. The maximum absolute atomic E-state index is 11.8. The fourth-order valence-corrected chi connectivity index (χ4v) is 2.98. The maximum atomic E-state index is 11.8. The first kappa shape index (κ1) is 15.9. The van der Waals surface area contributed by atoms with Gasteiger partial charge < -0.3 is 0 Å². The van der Waals surface area contributed by atoms with E-state index in [9.17, 15) is 18.5 Å².